The molecular formula is C22H20N4O4S. The third kappa shape index (κ3) is 4.32. The minimum absolute atomic E-state index is 0.0229. The van der Waals surface area contributed by atoms with E-state index in [0.29, 0.717) is 5.56 Å². The molecule has 9 heteroatoms. The van der Waals surface area contributed by atoms with Gasteiger partial charge in [0, 0.05) is 19.7 Å². The van der Waals surface area contributed by atoms with Crippen molar-refractivity contribution < 1.29 is 17.6 Å². The van der Waals surface area contributed by atoms with Crippen molar-refractivity contribution in [2.24, 2.45) is 0 Å². The number of nitrogens with one attached hydrogen (secondary N) is 1. The van der Waals surface area contributed by atoms with Gasteiger partial charge in [0.05, 0.1) is 11.3 Å². The Kier molecular flexibility index (Phi) is 5.53. The molecule has 1 N–H and O–H groups in total. The summed E-state index contributed by atoms with van der Waals surface area (Å²) in [6.45, 7) is 0. The predicted molar refractivity (Wildman–Crippen MR) is 117 cm³/mol. The predicted octanol–water partition coefficient (Wildman–Crippen LogP) is 3.32. The molecule has 31 heavy (non-hydrogen) atoms. The Hall–Kier alpha value is -3.56. The van der Waals surface area contributed by atoms with Gasteiger partial charge in [-0.2, -0.15) is 0 Å². The number of carbonyl (C=O) groups is 1. The van der Waals surface area contributed by atoms with E-state index in [-0.39, 0.29) is 29.1 Å². The summed E-state index contributed by atoms with van der Waals surface area (Å²) in [4.78, 5) is 12.6. The second-order valence-electron chi connectivity index (χ2n) is 7.09. The number of nitrogens with zero attached hydrogens (tertiary/aromatic N) is 3. The summed E-state index contributed by atoms with van der Waals surface area (Å²) in [6.07, 6.45) is 0.163. The average molecular weight is 436 g/mol. The number of hydrogen-bond acceptors (Lipinski definition) is 6. The Balaban J connectivity index is 1.47. The lowest BCUT2D eigenvalue weighted by molar-refractivity contribution is -0.115. The van der Waals surface area contributed by atoms with Gasteiger partial charge in [0.2, 0.25) is 21.8 Å². The van der Waals surface area contributed by atoms with E-state index in [1.54, 1.807) is 12.1 Å². The van der Waals surface area contributed by atoms with E-state index >= 15 is 0 Å². The van der Waals surface area contributed by atoms with Crippen LogP contribution in [-0.2, 0) is 21.2 Å². The fourth-order valence-corrected chi connectivity index (χ4v) is 4.06. The minimum Gasteiger partial charge on any atom is -0.403 e. The molecule has 0 aliphatic carbocycles. The van der Waals surface area contributed by atoms with Gasteiger partial charge in [-0.1, -0.05) is 47.6 Å². The number of aromatic nitrogens is 2. The molecule has 0 saturated heterocycles. The summed E-state index contributed by atoms with van der Waals surface area (Å²) in [5.41, 5.74) is 1.44. The van der Waals surface area contributed by atoms with E-state index in [4.69, 9.17) is 4.42 Å². The number of anilines is 1. The lowest BCUT2D eigenvalue weighted by Gasteiger charge is -2.11. The highest BCUT2D eigenvalue weighted by molar-refractivity contribution is 7.89. The van der Waals surface area contributed by atoms with E-state index in [1.165, 1.54) is 26.2 Å². The van der Waals surface area contributed by atoms with Gasteiger partial charge < -0.3 is 4.42 Å². The third-order valence-electron chi connectivity index (χ3n) is 4.78. The van der Waals surface area contributed by atoms with Gasteiger partial charge >= 0.3 is 6.01 Å². The third-order valence-corrected chi connectivity index (χ3v) is 6.61. The van der Waals surface area contributed by atoms with Crippen LogP contribution in [0, 0.1) is 0 Å². The summed E-state index contributed by atoms with van der Waals surface area (Å²) in [5, 5.41) is 12.5. The molecule has 4 aromatic rings. The summed E-state index contributed by atoms with van der Waals surface area (Å²) in [5.74, 6) is -0.103. The monoisotopic (exact) mass is 436 g/mol. The molecule has 1 amide bonds. The largest absolute Gasteiger partial charge is 0.403 e. The summed E-state index contributed by atoms with van der Waals surface area (Å²) in [7, 11) is -0.589. The van der Waals surface area contributed by atoms with E-state index in [9.17, 15) is 13.2 Å². The molecule has 3 aromatic carbocycles. The fraction of sp³-hybridized carbons (Fsp3) is 0.136. The quantitative estimate of drug-likeness (QED) is 0.497. The Morgan fingerprint density at radius 1 is 0.968 bits per heavy atom. The van der Waals surface area contributed by atoms with Crippen molar-refractivity contribution in [3.63, 3.8) is 0 Å². The number of rotatable bonds is 6. The van der Waals surface area contributed by atoms with Crippen molar-refractivity contribution in [2.45, 2.75) is 11.3 Å². The molecule has 8 nitrogen and oxygen atoms in total. The zero-order valence-corrected chi connectivity index (χ0v) is 17.8. The zero-order chi connectivity index (χ0) is 22.0. The van der Waals surface area contributed by atoms with Crippen molar-refractivity contribution >= 4 is 32.7 Å². The molecule has 0 fully saturated rings. The molecule has 158 valence electrons. The van der Waals surface area contributed by atoms with Crippen LogP contribution in [0.4, 0.5) is 6.01 Å². The Bertz CT molecular complexity index is 1340. The first kappa shape index (κ1) is 20.7. The topological polar surface area (TPSA) is 105 Å². The maximum Gasteiger partial charge on any atom is 0.322 e. The van der Waals surface area contributed by atoms with Crippen LogP contribution in [0.15, 0.2) is 76.0 Å². The highest BCUT2D eigenvalue weighted by atomic mass is 32.2. The molecule has 4 rings (SSSR count). The maximum absolute atomic E-state index is 12.5. The Morgan fingerprint density at radius 2 is 1.68 bits per heavy atom. The van der Waals surface area contributed by atoms with Gasteiger partial charge in [0.25, 0.3) is 0 Å². The first-order chi connectivity index (χ1) is 14.8. The van der Waals surface area contributed by atoms with E-state index in [2.05, 4.69) is 15.5 Å². The molecule has 0 spiro atoms. The van der Waals surface area contributed by atoms with Crippen molar-refractivity contribution in [1.82, 2.24) is 14.5 Å². The molecule has 0 saturated carbocycles. The van der Waals surface area contributed by atoms with Crippen LogP contribution in [-0.4, -0.2) is 42.9 Å². The van der Waals surface area contributed by atoms with Crippen LogP contribution in [0.3, 0.4) is 0 Å². The van der Waals surface area contributed by atoms with Crippen molar-refractivity contribution in [2.75, 3.05) is 19.4 Å². The van der Waals surface area contributed by atoms with Gasteiger partial charge in [0.15, 0.2) is 0 Å². The van der Waals surface area contributed by atoms with Crippen LogP contribution in [0.1, 0.15) is 5.56 Å². The summed E-state index contributed by atoms with van der Waals surface area (Å²) in [6, 6.07) is 19.7. The van der Waals surface area contributed by atoms with Crippen molar-refractivity contribution in [3.05, 3.63) is 72.3 Å². The number of fused-ring (bicyclic) bond motifs is 1. The number of amides is 1. The minimum atomic E-state index is -3.52. The van der Waals surface area contributed by atoms with Crippen molar-refractivity contribution in [3.8, 4) is 11.5 Å². The number of carbonyl (C=O) groups excluding carboxylic acids is 1. The molecule has 0 atom stereocenters. The van der Waals surface area contributed by atoms with Crippen LogP contribution in [0.25, 0.3) is 22.2 Å². The normalized spacial score (nSPS) is 11.7. The number of sulfonamides is 1. The van der Waals surface area contributed by atoms with Crippen molar-refractivity contribution in [1.29, 1.82) is 0 Å². The molecule has 1 aromatic heterocycles. The van der Waals surface area contributed by atoms with Crippen LogP contribution in [0.5, 0.6) is 0 Å². The Labute approximate surface area is 179 Å². The molecule has 0 bridgehead atoms. The van der Waals surface area contributed by atoms with Gasteiger partial charge in [-0.25, -0.2) is 12.7 Å². The average Bonchev–Trinajstić information content (AvgIpc) is 3.22. The highest BCUT2D eigenvalue weighted by Gasteiger charge is 2.18. The second kappa shape index (κ2) is 8.29. The summed E-state index contributed by atoms with van der Waals surface area (Å²) < 4.78 is 31.0. The van der Waals surface area contributed by atoms with E-state index in [1.807, 2.05) is 42.5 Å². The standard InChI is InChI=1S/C22H20N4O4S/c1-26(2)31(28,29)18-12-10-16(11-13-18)21-24-25-22(30-21)23-20(27)14-17-8-5-7-15-6-3-4-9-19(15)17/h3-13H,14H2,1-2H3,(H,23,25,27). The molecule has 0 aliphatic rings. The van der Waals surface area contributed by atoms with Crippen LogP contribution < -0.4 is 5.32 Å². The van der Waals surface area contributed by atoms with Gasteiger partial charge in [-0.3, -0.25) is 10.1 Å². The van der Waals surface area contributed by atoms with Crippen LogP contribution >= 0.6 is 0 Å². The molecule has 0 aliphatic heterocycles. The van der Waals surface area contributed by atoms with E-state index in [0.717, 1.165) is 20.6 Å². The highest BCUT2D eigenvalue weighted by Crippen LogP contribution is 2.23. The number of hydrogen-bond donors (Lipinski definition) is 1. The molecule has 0 radical (unpaired) electrons. The molecule has 1 heterocycles. The lowest BCUT2D eigenvalue weighted by atomic mass is 10.0. The second-order valence-corrected chi connectivity index (χ2v) is 9.24. The van der Waals surface area contributed by atoms with Gasteiger partial charge in [-0.05, 0) is 40.6 Å². The SMILES string of the molecule is CN(C)S(=O)(=O)c1ccc(-c2nnc(NC(=O)Cc3cccc4ccccc34)o2)cc1. The zero-order valence-electron chi connectivity index (χ0n) is 16.9. The summed E-state index contributed by atoms with van der Waals surface area (Å²) >= 11 is 0. The maximum atomic E-state index is 12.5. The first-order valence-corrected chi connectivity index (χ1v) is 10.9. The van der Waals surface area contributed by atoms with E-state index < -0.39 is 10.0 Å². The van der Waals surface area contributed by atoms with Crippen LogP contribution in [0.2, 0.25) is 0 Å². The van der Waals surface area contributed by atoms with Gasteiger partial charge in [-0.15, -0.1) is 5.10 Å². The smallest absolute Gasteiger partial charge is 0.322 e. The Morgan fingerprint density at radius 3 is 2.42 bits per heavy atom. The first-order valence-electron chi connectivity index (χ1n) is 9.47. The lowest BCUT2D eigenvalue weighted by Crippen LogP contribution is -2.22. The fourth-order valence-electron chi connectivity index (χ4n) is 3.15. The van der Waals surface area contributed by atoms with Gasteiger partial charge in [0.1, 0.15) is 0 Å². The molecular weight excluding hydrogens is 416 g/mol. The molecule has 0 unspecified atom stereocenters. The number of benzene rings is 3.